The van der Waals surface area contributed by atoms with E-state index in [4.69, 9.17) is 10.7 Å². The molecular formula is C17H31N3. The van der Waals surface area contributed by atoms with Gasteiger partial charge in [-0.15, -0.1) is 6.58 Å². The maximum Gasteiger partial charge on any atom is 0.127 e. The van der Waals surface area contributed by atoms with E-state index >= 15 is 0 Å². The third kappa shape index (κ3) is 4.39. The fourth-order valence-electron chi connectivity index (χ4n) is 2.48. The number of nitrogen functional groups attached to an aromatic ring is 1. The Morgan fingerprint density at radius 2 is 1.85 bits per heavy atom. The quantitative estimate of drug-likeness (QED) is 0.563. The second-order valence-corrected chi connectivity index (χ2v) is 6.58. The molecule has 0 aliphatic carbocycles. The molecule has 0 aliphatic rings. The number of aryl methyl sites for hydroxylation is 1. The first-order valence-corrected chi connectivity index (χ1v) is 7.88. The van der Waals surface area contributed by atoms with E-state index in [0.717, 1.165) is 30.3 Å². The smallest absolute Gasteiger partial charge is 0.127 e. The van der Waals surface area contributed by atoms with Crippen LogP contribution in [0, 0.1) is 0 Å². The third-order valence-corrected chi connectivity index (χ3v) is 3.58. The monoisotopic (exact) mass is 277 g/mol. The molecule has 20 heavy (non-hydrogen) atoms. The minimum absolute atomic E-state index is 0.0115. The van der Waals surface area contributed by atoms with Gasteiger partial charge in [0.2, 0.25) is 0 Å². The summed E-state index contributed by atoms with van der Waals surface area (Å²) in [5, 5.41) is 0. The van der Waals surface area contributed by atoms with Crippen molar-refractivity contribution in [1.29, 1.82) is 0 Å². The van der Waals surface area contributed by atoms with Gasteiger partial charge in [-0.25, -0.2) is 4.98 Å². The molecule has 3 nitrogen and oxygen atoms in total. The van der Waals surface area contributed by atoms with Crippen molar-refractivity contribution in [3.63, 3.8) is 0 Å². The normalized spacial score (nSPS) is 11.8. The van der Waals surface area contributed by atoms with Gasteiger partial charge in [0.05, 0.1) is 5.69 Å². The van der Waals surface area contributed by atoms with Crippen LogP contribution in [0.2, 0.25) is 0 Å². The highest BCUT2D eigenvalue weighted by atomic mass is 15.1. The van der Waals surface area contributed by atoms with Crippen LogP contribution in [0.4, 0.5) is 5.82 Å². The number of unbranched alkanes of at least 4 members (excludes halogenated alkanes) is 4. The van der Waals surface area contributed by atoms with Crippen LogP contribution < -0.4 is 5.73 Å². The zero-order valence-electron chi connectivity index (χ0n) is 13.7. The van der Waals surface area contributed by atoms with Crippen molar-refractivity contribution < 1.29 is 0 Å². The van der Waals surface area contributed by atoms with Gasteiger partial charge in [-0.05, 0) is 12.8 Å². The summed E-state index contributed by atoms with van der Waals surface area (Å²) in [7, 11) is 0. The van der Waals surface area contributed by atoms with E-state index < -0.39 is 0 Å². The standard InChI is InChI=1S/C17H31N3/c1-6-8-9-10-11-12-14-15(18)20(13-7-2)16(19-14)17(3,4)5/h7H,2,6,8-13,18H2,1,3-5H3. The summed E-state index contributed by atoms with van der Waals surface area (Å²) in [6, 6.07) is 0. The second-order valence-electron chi connectivity index (χ2n) is 6.58. The summed E-state index contributed by atoms with van der Waals surface area (Å²) in [6.07, 6.45) is 9.25. The number of nitrogens with zero attached hydrogens (tertiary/aromatic N) is 2. The fraction of sp³-hybridized carbons (Fsp3) is 0.706. The summed E-state index contributed by atoms with van der Waals surface area (Å²) in [5.41, 5.74) is 7.36. The van der Waals surface area contributed by atoms with Crippen molar-refractivity contribution in [2.24, 2.45) is 0 Å². The van der Waals surface area contributed by atoms with Gasteiger partial charge in [0.15, 0.2) is 0 Å². The van der Waals surface area contributed by atoms with Gasteiger partial charge < -0.3 is 10.3 Å². The van der Waals surface area contributed by atoms with E-state index in [1.165, 1.54) is 32.1 Å². The number of imidazole rings is 1. The van der Waals surface area contributed by atoms with Gasteiger partial charge in [-0.1, -0.05) is 59.5 Å². The average Bonchev–Trinajstić information content (AvgIpc) is 2.68. The van der Waals surface area contributed by atoms with Crippen molar-refractivity contribution in [2.45, 2.75) is 78.2 Å². The summed E-state index contributed by atoms with van der Waals surface area (Å²) >= 11 is 0. The van der Waals surface area contributed by atoms with Gasteiger partial charge in [-0.3, -0.25) is 0 Å². The van der Waals surface area contributed by atoms with Crippen LogP contribution in [-0.2, 0) is 18.4 Å². The first-order valence-electron chi connectivity index (χ1n) is 7.88. The number of nitrogens with two attached hydrogens (primary N) is 1. The number of allylic oxidation sites excluding steroid dienone is 1. The lowest BCUT2D eigenvalue weighted by molar-refractivity contribution is 0.514. The van der Waals surface area contributed by atoms with E-state index in [2.05, 4.69) is 38.8 Å². The Hall–Kier alpha value is -1.25. The van der Waals surface area contributed by atoms with Crippen molar-refractivity contribution >= 4 is 5.82 Å². The van der Waals surface area contributed by atoms with Gasteiger partial charge in [0.25, 0.3) is 0 Å². The Morgan fingerprint density at radius 3 is 2.40 bits per heavy atom. The second kappa shape index (κ2) is 7.51. The van der Waals surface area contributed by atoms with Gasteiger partial charge >= 0.3 is 0 Å². The summed E-state index contributed by atoms with van der Waals surface area (Å²) in [5.74, 6) is 1.89. The summed E-state index contributed by atoms with van der Waals surface area (Å²) in [4.78, 5) is 4.81. The number of hydrogen-bond donors (Lipinski definition) is 1. The number of rotatable bonds is 8. The highest BCUT2D eigenvalue weighted by Crippen LogP contribution is 2.27. The topological polar surface area (TPSA) is 43.8 Å². The predicted octanol–water partition coefficient (Wildman–Crippen LogP) is 4.46. The van der Waals surface area contributed by atoms with E-state index in [-0.39, 0.29) is 5.41 Å². The van der Waals surface area contributed by atoms with Gasteiger partial charge in [-0.2, -0.15) is 0 Å². The molecule has 114 valence electrons. The molecule has 0 atom stereocenters. The Kier molecular flexibility index (Phi) is 6.31. The Bertz CT molecular complexity index is 424. The third-order valence-electron chi connectivity index (χ3n) is 3.58. The molecule has 3 heteroatoms. The molecule has 1 aromatic heterocycles. The Labute approximate surface area is 124 Å². The zero-order chi connectivity index (χ0) is 15.2. The molecule has 1 aromatic rings. The van der Waals surface area contributed by atoms with Crippen LogP contribution in [0.25, 0.3) is 0 Å². The molecule has 0 bridgehead atoms. The van der Waals surface area contributed by atoms with Crippen LogP contribution in [-0.4, -0.2) is 9.55 Å². The molecule has 0 spiro atoms. The lowest BCUT2D eigenvalue weighted by atomic mass is 9.95. The highest BCUT2D eigenvalue weighted by molar-refractivity contribution is 5.40. The minimum atomic E-state index is 0.0115. The summed E-state index contributed by atoms with van der Waals surface area (Å²) in [6.45, 7) is 13.3. The van der Waals surface area contributed by atoms with Crippen molar-refractivity contribution in [3.05, 3.63) is 24.2 Å². The molecule has 1 heterocycles. The lowest BCUT2D eigenvalue weighted by Crippen LogP contribution is -2.19. The molecule has 0 radical (unpaired) electrons. The van der Waals surface area contributed by atoms with Crippen LogP contribution in [0.15, 0.2) is 12.7 Å². The van der Waals surface area contributed by atoms with E-state index in [0.29, 0.717) is 0 Å². The molecule has 2 N–H and O–H groups in total. The lowest BCUT2D eigenvalue weighted by Gasteiger charge is -2.19. The summed E-state index contributed by atoms with van der Waals surface area (Å²) < 4.78 is 2.11. The van der Waals surface area contributed by atoms with E-state index in [1.807, 2.05) is 6.08 Å². The van der Waals surface area contributed by atoms with Crippen LogP contribution in [0.1, 0.15) is 71.3 Å². The molecule has 0 saturated heterocycles. The SMILES string of the molecule is C=CCn1c(C(C)(C)C)nc(CCCCCCC)c1N. The minimum Gasteiger partial charge on any atom is -0.384 e. The van der Waals surface area contributed by atoms with Crippen LogP contribution >= 0.6 is 0 Å². The average molecular weight is 277 g/mol. The maximum atomic E-state index is 6.28. The Balaban J connectivity index is 2.79. The largest absolute Gasteiger partial charge is 0.384 e. The molecular weight excluding hydrogens is 246 g/mol. The van der Waals surface area contributed by atoms with Gasteiger partial charge in [0.1, 0.15) is 11.6 Å². The van der Waals surface area contributed by atoms with E-state index in [1.54, 1.807) is 0 Å². The first kappa shape index (κ1) is 16.8. The number of aromatic nitrogens is 2. The molecule has 0 unspecified atom stereocenters. The fourth-order valence-corrected chi connectivity index (χ4v) is 2.48. The molecule has 0 fully saturated rings. The predicted molar refractivity (Wildman–Crippen MR) is 88.0 cm³/mol. The van der Waals surface area contributed by atoms with E-state index in [9.17, 15) is 0 Å². The molecule has 0 saturated carbocycles. The van der Waals surface area contributed by atoms with Crippen LogP contribution in [0.3, 0.4) is 0 Å². The number of hydrogen-bond acceptors (Lipinski definition) is 2. The van der Waals surface area contributed by atoms with Gasteiger partial charge in [0, 0.05) is 12.0 Å². The first-order chi connectivity index (χ1) is 9.41. The maximum absolute atomic E-state index is 6.28. The Morgan fingerprint density at radius 1 is 1.20 bits per heavy atom. The zero-order valence-corrected chi connectivity index (χ0v) is 13.7. The van der Waals surface area contributed by atoms with Crippen molar-refractivity contribution in [2.75, 3.05) is 5.73 Å². The van der Waals surface area contributed by atoms with Crippen LogP contribution in [0.5, 0.6) is 0 Å². The molecule has 0 amide bonds. The molecule has 0 aliphatic heterocycles. The molecule has 1 rings (SSSR count). The number of anilines is 1. The molecule has 0 aromatic carbocycles. The van der Waals surface area contributed by atoms with Crippen molar-refractivity contribution in [1.82, 2.24) is 9.55 Å². The highest BCUT2D eigenvalue weighted by Gasteiger charge is 2.24. The van der Waals surface area contributed by atoms with Crippen molar-refractivity contribution in [3.8, 4) is 0 Å².